The van der Waals surface area contributed by atoms with Crippen molar-refractivity contribution >= 4 is 5.91 Å². The third kappa shape index (κ3) is 4.58. The number of carbonyl (C=O) groups excluding carboxylic acids is 1. The van der Waals surface area contributed by atoms with Crippen molar-refractivity contribution in [3.63, 3.8) is 0 Å². The fourth-order valence-corrected chi connectivity index (χ4v) is 4.78. The molecule has 6 nitrogen and oxygen atoms in total. The van der Waals surface area contributed by atoms with E-state index in [0.717, 1.165) is 44.8 Å². The van der Waals surface area contributed by atoms with Crippen LogP contribution in [0, 0.1) is 11.8 Å². The normalized spacial score (nSPS) is 25.7. The fourth-order valence-electron chi connectivity index (χ4n) is 4.78. The van der Waals surface area contributed by atoms with E-state index in [1.807, 2.05) is 0 Å². The molecule has 0 aromatic carbocycles. The van der Waals surface area contributed by atoms with Crippen LogP contribution in [0.3, 0.4) is 0 Å². The van der Waals surface area contributed by atoms with Gasteiger partial charge in [-0.05, 0) is 57.5 Å². The average Bonchev–Trinajstić information content (AvgIpc) is 3.44. The van der Waals surface area contributed by atoms with Gasteiger partial charge in [-0.1, -0.05) is 38.8 Å². The second kappa shape index (κ2) is 8.13. The Morgan fingerprint density at radius 2 is 1.79 bits per heavy atom. The van der Waals surface area contributed by atoms with E-state index in [0.29, 0.717) is 29.7 Å². The van der Waals surface area contributed by atoms with Gasteiger partial charge in [-0.3, -0.25) is 9.69 Å². The Labute approximate surface area is 169 Å². The van der Waals surface area contributed by atoms with Gasteiger partial charge in [0.25, 0.3) is 0 Å². The lowest BCUT2D eigenvalue weighted by molar-refractivity contribution is -0.136. The molecule has 1 amide bonds. The van der Waals surface area contributed by atoms with Crippen LogP contribution >= 0.6 is 0 Å². The van der Waals surface area contributed by atoms with E-state index in [2.05, 4.69) is 40.7 Å². The van der Waals surface area contributed by atoms with Gasteiger partial charge in [0.2, 0.25) is 11.8 Å². The number of nitrogens with zero attached hydrogens (tertiary/aromatic N) is 4. The minimum Gasteiger partial charge on any atom is -0.339 e. The molecule has 0 N–H and O–H groups in total. The molecular formula is C22H36N4O2. The summed E-state index contributed by atoms with van der Waals surface area (Å²) < 4.78 is 5.44. The van der Waals surface area contributed by atoms with Crippen molar-refractivity contribution in [3.8, 4) is 0 Å². The number of piperidine rings is 1. The molecule has 3 aliphatic rings. The SMILES string of the molecule is CC(C)(C)c1nc(CN2CCC([C@@H]3CCCCCN3C(=O)C3CC3)CC2)no1. The van der Waals surface area contributed by atoms with Gasteiger partial charge in [-0.2, -0.15) is 4.98 Å². The van der Waals surface area contributed by atoms with Crippen LogP contribution in [-0.4, -0.2) is 51.5 Å². The predicted molar refractivity (Wildman–Crippen MR) is 108 cm³/mol. The molecule has 2 aliphatic heterocycles. The van der Waals surface area contributed by atoms with Crippen molar-refractivity contribution in [2.75, 3.05) is 19.6 Å². The highest BCUT2D eigenvalue weighted by Crippen LogP contribution is 2.36. The van der Waals surface area contributed by atoms with Gasteiger partial charge in [0.05, 0.1) is 6.54 Å². The van der Waals surface area contributed by atoms with E-state index >= 15 is 0 Å². The average molecular weight is 389 g/mol. The summed E-state index contributed by atoms with van der Waals surface area (Å²) in [7, 11) is 0. The maximum Gasteiger partial charge on any atom is 0.232 e. The van der Waals surface area contributed by atoms with Gasteiger partial charge in [0, 0.05) is 23.9 Å². The van der Waals surface area contributed by atoms with Crippen molar-refractivity contribution in [1.82, 2.24) is 19.9 Å². The van der Waals surface area contributed by atoms with E-state index in [1.54, 1.807) is 0 Å². The van der Waals surface area contributed by atoms with Crippen LogP contribution in [0.2, 0.25) is 0 Å². The molecule has 3 fully saturated rings. The van der Waals surface area contributed by atoms with Crippen LogP contribution in [0.1, 0.15) is 83.9 Å². The number of hydrogen-bond donors (Lipinski definition) is 0. The molecule has 3 heterocycles. The van der Waals surface area contributed by atoms with Crippen LogP contribution < -0.4 is 0 Å². The van der Waals surface area contributed by atoms with Gasteiger partial charge >= 0.3 is 0 Å². The van der Waals surface area contributed by atoms with Crippen molar-refractivity contribution in [2.24, 2.45) is 11.8 Å². The molecule has 156 valence electrons. The lowest BCUT2D eigenvalue weighted by atomic mass is 9.86. The standard InChI is InChI=1S/C22H36N4O2/c1-22(2,3)21-23-19(24-28-21)15-25-13-10-16(11-14-25)18-7-5-4-6-12-26(18)20(27)17-8-9-17/h16-18H,4-15H2,1-3H3/t18-/m0/s1. The first-order valence-electron chi connectivity index (χ1n) is 11.3. The Balaban J connectivity index is 1.33. The Kier molecular flexibility index (Phi) is 5.77. The van der Waals surface area contributed by atoms with E-state index in [1.165, 1.54) is 38.5 Å². The van der Waals surface area contributed by atoms with E-state index in [9.17, 15) is 4.79 Å². The zero-order chi connectivity index (χ0) is 19.7. The van der Waals surface area contributed by atoms with Gasteiger partial charge in [-0.25, -0.2) is 0 Å². The number of rotatable bonds is 4. The molecule has 28 heavy (non-hydrogen) atoms. The maximum absolute atomic E-state index is 12.8. The number of carbonyl (C=O) groups is 1. The van der Waals surface area contributed by atoms with Gasteiger partial charge < -0.3 is 9.42 Å². The molecule has 0 bridgehead atoms. The van der Waals surface area contributed by atoms with Crippen molar-refractivity contribution in [1.29, 1.82) is 0 Å². The first-order chi connectivity index (χ1) is 13.4. The minimum atomic E-state index is -0.102. The molecule has 1 saturated carbocycles. The maximum atomic E-state index is 12.8. The number of likely N-dealkylation sites (tertiary alicyclic amines) is 2. The Morgan fingerprint density at radius 3 is 2.43 bits per heavy atom. The summed E-state index contributed by atoms with van der Waals surface area (Å²) in [6, 6.07) is 0.468. The smallest absolute Gasteiger partial charge is 0.232 e. The molecule has 2 saturated heterocycles. The molecule has 1 atom stereocenters. The quantitative estimate of drug-likeness (QED) is 0.786. The van der Waals surface area contributed by atoms with Crippen molar-refractivity contribution in [2.45, 2.75) is 90.1 Å². The number of aromatic nitrogens is 2. The predicted octanol–water partition coefficient (Wildman–Crippen LogP) is 3.76. The first-order valence-corrected chi connectivity index (χ1v) is 11.3. The second-order valence-electron chi connectivity index (χ2n) is 10.1. The topological polar surface area (TPSA) is 62.5 Å². The molecule has 1 aromatic rings. The van der Waals surface area contributed by atoms with E-state index in [-0.39, 0.29) is 5.41 Å². The monoisotopic (exact) mass is 388 g/mol. The van der Waals surface area contributed by atoms with Crippen LogP contribution in [0.25, 0.3) is 0 Å². The summed E-state index contributed by atoms with van der Waals surface area (Å²) in [4.78, 5) is 22.2. The van der Waals surface area contributed by atoms with Crippen molar-refractivity contribution in [3.05, 3.63) is 11.7 Å². The molecule has 0 radical (unpaired) electrons. The van der Waals surface area contributed by atoms with Gasteiger partial charge in [0.1, 0.15) is 0 Å². The summed E-state index contributed by atoms with van der Waals surface area (Å²) in [5.74, 6) is 2.95. The first kappa shape index (κ1) is 19.9. The minimum absolute atomic E-state index is 0.102. The summed E-state index contributed by atoms with van der Waals surface area (Å²) in [5.41, 5.74) is -0.102. The zero-order valence-corrected chi connectivity index (χ0v) is 17.8. The summed E-state index contributed by atoms with van der Waals surface area (Å²) in [6.07, 6.45) is 9.50. The highest BCUT2D eigenvalue weighted by atomic mass is 16.5. The van der Waals surface area contributed by atoms with Crippen LogP contribution in [0.5, 0.6) is 0 Å². The van der Waals surface area contributed by atoms with E-state index in [4.69, 9.17) is 4.52 Å². The lowest BCUT2D eigenvalue weighted by Crippen LogP contribution is -2.48. The number of hydrogen-bond acceptors (Lipinski definition) is 5. The molecule has 0 spiro atoms. The largest absolute Gasteiger partial charge is 0.339 e. The zero-order valence-electron chi connectivity index (χ0n) is 17.8. The third-order valence-corrected chi connectivity index (χ3v) is 6.66. The summed E-state index contributed by atoms with van der Waals surface area (Å²) >= 11 is 0. The molecule has 1 aliphatic carbocycles. The van der Waals surface area contributed by atoms with E-state index < -0.39 is 0 Å². The number of amides is 1. The molecular weight excluding hydrogens is 352 g/mol. The highest BCUT2D eigenvalue weighted by molar-refractivity contribution is 5.81. The van der Waals surface area contributed by atoms with Crippen LogP contribution in [0.15, 0.2) is 4.52 Å². The highest BCUT2D eigenvalue weighted by Gasteiger charge is 2.39. The molecule has 4 rings (SSSR count). The van der Waals surface area contributed by atoms with Gasteiger partial charge in [0.15, 0.2) is 5.82 Å². The van der Waals surface area contributed by atoms with Gasteiger partial charge in [-0.15, -0.1) is 0 Å². The molecule has 6 heteroatoms. The summed E-state index contributed by atoms with van der Waals surface area (Å²) in [6.45, 7) is 10.2. The van der Waals surface area contributed by atoms with Crippen LogP contribution in [-0.2, 0) is 16.8 Å². The third-order valence-electron chi connectivity index (χ3n) is 6.66. The fraction of sp³-hybridized carbons (Fsp3) is 0.864. The summed E-state index contributed by atoms with van der Waals surface area (Å²) in [5, 5.41) is 4.18. The lowest BCUT2D eigenvalue weighted by Gasteiger charge is -2.40. The molecule has 0 unspecified atom stereocenters. The second-order valence-corrected chi connectivity index (χ2v) is 10.1. The Bertz CT molecular complexity index is 668. The van der Waals surface area contributed by atoms with Crippen molar-refractivity contribution < 1.29 is 9.32 Å². The Hall–Kier alpha value is -1.43. The Morgan fingerprint density at radius 1 is 1.04 bits per heavy atom. The van der Waals surface area contributed by atoms with Crippen LogP contribution in [0.4, 0.5) is 0 Å². The molecule has 1 aromatic heterocycles.